The first kappa shape index (κ1) is 7.32. The zero-order valence-corrected chi connectivity index (χ0v) is 6.32. The van der Waals surface area contributed by atoms with Crippen molar-refractivity contribution in [2.24, 2.45) is 0 Å². The summed E-state index contributed by atoms with van der Waals surface area (Å²) in [6, 6.07) is 5.70. The van der Waals surface area contributed by atoms with Gasteiger partial charge in [0.15, 0.2) is 0 Å². The summed E-state index contributed by atoms with van der Waals surface area (Å²) >= 11 is 0. The molecule has 1 rings (SSSR count). The summed E-state index contributed by atoms with van der Waals surface area (Å²) in [6.07, 6.45) is 0. The van der Waals surface area contributed by atoms with E-state index >= 15 is 0 Å². The molecule has 0 aromatic heterocycles. The Labute approximate surface area is 61.4 Å². The maximum atomic E-state index is 12.2. The van der Waals surface area contributed by atoms with E-state index in [0.29, 0.717) is 0 Å². The van der Waals surface area contributed by atoms with Crippen LogP contribution in [0.25, 0.3) is 0 Å². The molecule has 0 bridgehead atoms. The zero-order valence-electron chi connectivity index (χ0n) is 6.32. The van der Waals surface area contributed by atoms with Gasteiger partial charge in [-0.15, -0.1) is 0 Å². The number of benzene rings is 1. The van der Waals surface area contributed by atoms with Crippen molar-refractivity contribution < 1.29 is 4.32 Å². The number of halogens is 1. The molecule has 1 aromatic rings. The molecule has 0 aliphatic carbocycles. The van der Waals surface area contributed by atoms with Gasteiger partial charge in [-0.2, -0.15) is 0 Å². The van der Waals surface area contributed by atoms with E-state index in [4.69, 9.17) is 0 Å². The summed E-state index contributed by atoms with van der Waals surface area (Å²) in [6.45, 7) is 3.94. The lowest BCUT2D eigenvalue weighted by Crippen LogP contribution is -2.14. The molecule has 52 valence electrons. The highest BCUT2D eigenvalue weighted by molar-refractivity contribution is 6.46. The largest absolute Gasteiger partial charge is 0.364 e. The van der Waals surface area contributed by atoms with Gasteiger partial charge < -0.3 is 4.32 Å². The van der Waals surface area contributed by atoms with Gasteiger partial charge >= 0.3 is 7.56 Å². The minimum absolute atomic E-state index is 0.354. The molecule has 0 aliphatic rings. The second-order valence-electron chi connectivity index (χ2n) is 2.49. The Bertz CT molecular complexity index is 233. The van der Waals surface area contributed by atoms with Gasteiger partial charge in [-0.25, -0.2) is 0 Å². The highest BCUT2D eigenvalue weighted by Crippen LogP contribution is 2.01. The van der Waals surface area contributed by atoms with Crippen LogP contribution in [0.4, 0.5) is 4.32 Å². The fourth-order valence-electron chi connectivity index (χ4n) is 0.957. The molecule has 2 heteroatoms. The van der Waals surface area contributed by atoms with E-state index in [9.17, 15) is 4.32 Å². The monoisotopic (exact) mass is 136 g/mol. The summed E-state index contributed by atoms with van der Waals surface area (Å²) in [5, 5.41) is 0. The maximum absolute atomic E-state index is 12.2. The van der Waals surface area contributed by atoms with Crippen molar-refractivity contribution in [3.8, 4) is 0 Å². The van der Waals surface area contributed by atoms with Gasteiger partial charge in [0.25, 0.3) is 0 Å². The SMILES string of the molecule is Cc1cccc(BF)c1C. The third-order valence-electron chi connectivity index (χ3n) is 1.86. The van der Waals surface area contributed by atoms with Gasteiger partial charge in [0, 0.05) is 0 Å². The van der Waals surface area contributed by atoms with E-state index in [0.717, 1.165) is 16.6 Å². The standard InChI is InChI=1S/C8H10BF/c1-6-4-3-5-8(9-10)7(6)2/h3-5,9H,1-2H3. The van der Waals surface area contributed by atoms with Gasteiger partial charge in [-0.1, -0.05) is 23.8 Å². The van der Waals surface area contributed by atoms with Crippen LogP contribution in [0, 0.1) is 13.8 Å². The van der Waals surface area contributed by atoms with Crippen LogP contribution in [0.15, 0.2) is 18.2 Å². The van der Waals surface area contributed by atoms with Gasteiger partial charge in [0.1, 0.15) is 0 Å². The number of hydrogen-bond acceptors (Lipinski definition) is 0. The van der Waals surface area contributed by atoms with Crippen molar-refractivity contribution in [3.05, 3.63) is 29.3 Å². The first-order valence-electron chi connectivity index (χ1n) is 3.36. The average molecular weight is 136 g/mol. The van der Waals surface area contributed by atoms with E-state index in [1.165, 1.54) is 0 Å². The molecule has 10 heavy (non-hydrogen) atoms. The minimum atomic E-state index is -0.354. The van der Waals surface area contributed by atoms with Crippen LogP contribution < -0.4 is 5.46 Å². The third kappa shape index (κ3) is 1.20. The summed E-state index contributed by atoms with van der Waals surface area (Å²) in [4.78, 5) is 0. The molecule has 0 heterocycles. The predicted octanol–water partition coefficient (Wildman–Crippen LogP) is 1.25. The van der Waals surface area contributed by atoms with Gasteiger partial charge in [-0.3, -0.25) is 0 Å². The summed E-state index contributed by atoms with van der Waals surface area (Å²) in [5.74, 6) is 0. The Hall–Kier alpha value is -0.785. The molecule has 0 nitrogen and oxygen atoms in total. The lowest BCUT2D eigenvalue weighted by Gasteiger charge is -2.02. The zero-order chi connectivity index (χ0) is 7.56. The molecule has 0 saturated carbocycles. The number of hydrogen-bond donors (Lipinski definition) is 0. The Morgan fingerprint density at radius 1 is 1.30 bits per heavy atom. The highest BCUT2D eigenvalue weighted by Gasteiger charge is 1.99. The smallest absolute Gasteiger partial charge is 0.335 e. The van der Waals surface area contributed by atoms with Crippen LogP contribution in [0.1, 0.15) is 11.1 Å². The van der Waals surface area contributed by atoms with E-state index < -0.39 is 0 Å². The molecule has 0 fully saturated rings. The first-order chi connectivity index (χ1) is 4.75. The Kier molecular flexibility index (Phi) is 2.10. The molecule has 0 saturated heterocycles. The summed E-state index contributed by atoms with van der Waals surface area (Å²) < 4.78 is 12.2. The minimum Gasteiger partial charge on any atom is -0.335 e. The Balaban J connectivity index is 3.14. The molecule has 0 amide bonds. The molecule has 0 spiro atoms. The van der Waals surface area contributed by atoms with Crippen molar-refractivity contribution in [1.29, 1.82) is 0 Å². The van der Waals surface area contributed by atoms with Crippen LogP contribution in [0.5, 0.6) is 0 Å². The van der Waals surface area contributed by atoms with Gasteiger partial charge in [0.05, 0.1) is 0 Å². The van der Waals surface area contributed by atoms with Gasteiger partial charge in [-0.05, 0) is 24.9 Å². The fourth-order valence-corrected chi connectivity index (χ4v) is 0.957. The summed E-state index contributed by atoms with van der Waals surface area (Å²) in [5.41, 5.74) is 3.04. The topological polar surface area (TPSA) is 0 Å². The molecule has 0 aliphatic heterocycles. The molecule has 0 radical (unpaired) electrons. The Morgan fingerprint density at radius 3 is 2.50 bits per heavy atom. The van der Waals surface area contributed by atoms with Crippen LogP contribution >= 0.6 is 0 Å². The lowest BCUT2D eigenvalue weighted by molar-refractivity contribution is 0.884. The van der Waals surface area contributed by atoms with Crippen LogP contribution in [-0.4, -0.2) is 7.56 Å². The van der Waals surface area contributed by atoms with Crippen molar-refractivity contribution >= 4 is 13.0 Å². The number of rotatable bonds is 1. The predicted molar refractivity (Wildman–Crippen MR) is 43.8 cm³/mol. The van der Waals surface area contributed by atoms with E-state index in [1.54, 1.807) is 0 Å². The second-order valence-corrected chi connectivity index (χ2v) is 2.49. The van der Waals surface area contributed by atoms with Crippen molar-refractivity contribution in [2.45, 2.75) is 13.8 Å². The molecular weight excluding hydrogens is 126 g/mol. The van der Waals surface area contributed by atoms with Crippen molar-refractivity contribution in [1.82, 2.24) is 0 Å². The van der Waals surface area contributed by atoms with Crippen LogP contribution in [0.2, 0.25) is 0 Å². The van der Waals surface area contributed by atoms with E-state index in [-0.39, 0.29) is 7.56 Å². The van der Waals surface area contributed by atoms with E-state index in [2.05, 4.69) is 0 Å². The number of aryl methyl sites for hydroxylation is 1. The lowest BCUT2D eigenvalue weighted by atomic mass is 9.85. The fraction of sp³-hybridized carbons (Fsp3) is 0.250. The molecule has 0 atom stereocenters. The quantitative estimate of drug-likeness (QED) is 0.509. The van der Waals surface area contributed by atoms with Crippen LogP contribution in [-0.2, 0) is 0 Å². The van der Waals surface area contributed by atoms with Crippen LogP contribution in [0.3, 0.4) is 0 Å². The first-order valence-corrected chi connectivity index (χ1v) is 3.36. The molecule has 1 aromatic carbocycles. The second kappa shape index (κ2) is 2.87. The van der Waals surface area contributed by atoms with Gasteiger partial charge in [0.2, 0.25) is 0 Å². The van der Waals surface area contributed by atoms with Crippen molar-refractivity contribution in [2.75, 3.05) is 0 Å². The highest BCUT2D eigenvalue weighted by atomic mass is 19.1. The van der Waals surface area contributed by atoms with Crippen molar-refractivity contribution in [3.63, 3.8) is 0 Å². The molecular formula is C8H10BF. The normalized spacial score (nSPS) is 9.50. The average Bonchev–Trinajstić information content (AvgIpc) is 1.95. The Morgan fingerprint density at radius 2 is 2.00 bits per heavy atom. The molecule has 0 unspecified atom stereocenters. The molecule has 0 N–H and O–H groups in total. The summed E-state index contributed by atoms with van der Waals surface area (Å²) in [7, 11) is -0.354. The third-order valence-corrected chi connectivity index (χ3v) is 1.86. The maximum Gasteiger partial charge on any atom is 0.364 e. The van der Waals surface area contributed by atoms with E-state index in [1.807, 2.05) is 32.0 Å².